The number of aliphatic hydroxyl groups excluding tert-OH is 1. The molecular formula is C13H17BrFNO. The van der Waals surface area contributed by atoms with Gasteiger partial charge in [0.15, 0.2) is 0 Å². The molecule has 0 bridgehead atoms. The second kappa shape index (κ2) is 5.46. The van der Waals surface area contributed by atoms with Crippen LogP contribution >= 0.6 is 15.9 Å². The van der Waals surface area contributed by atoms with Crippen molar-refractivity contribution < 1.29 is 9.50 Å². The molecule has 0 aliphatic heterocycles. The highest BCUT2D eigenvalue weighted by molar-refractivity contribution is 9.10. The van der Waals surface area contributed by atoms with E-state index in [-0.39, 0.29) is 11.9 Å². The van der Waals surface area contributed by atoms with Crippen LogP contribution in [0.4, 0.5) is 4.39 Å². The molecular weight excluding hydrogens is 285 g/mol. The molecule has 0 radical (unpaired) electrons. The van der Waals surface area contributed by atoms with Gasteiger partial charge in [0.1, 0.15) is 5.82 Å². The third-order valence-electron chi connectivity index (χ3n) is 3.24. The standard InChI is InChI=1S/C13H17BrFNO/c1-16(7-9-4-12(17)5-9)8-10-2-3-11(15)6-13(10)14/h2-3,6,9,12,17H,4-5,7-8H2,1H3. The average Bonchev–Trinajstić information content (AvgIpc) is 2.20. The van der Waals surface area contributed by atoms with Crippen molar-refractivity contribution >= 4 is 15.9 Å². The third kappa shape index (κ3) is 3.50. The highest BCUT2D eigenvalue weighted by atomic mass is 79.9. The molecule has 1 N–H and O–H groups in total. The highest BCUT2D eigenvalue weighted by Gasteiger charge is 2.27. The first-order chi connectivity index (χ1) is 8.04. The fourth-order valence-corrected chi connectivity index (χ4v) is 2.77. The van der Waals surface area contributed by atoms with E-state index in [9.17, 15) is 9.50 Å². The molecule has 0 saturated heterocycles. The van der Waals surface area contributed by atoms with Gasteiger partial charge in [0.2, 0.25) is 0 Å². The Morgan fingerprint density at radius 1 is 1.47 bits per heavy atom. The summed E-state index contributed by atoms with van der Waals surface area (Å²) in [6.07, 6.45) is 1.73. The minimum atomic E-state index is -0.217. The number of halogens is 2. The molecule has 2 nitrogen and oxygen atoms in total. The predicted octanol–water partition coefficient (Wildman–Crippen LogP) is 2.79. The van der Waals surface area contributed by atoms with Gasteiger partial charge in [0.05, 0.1) is 6.10 Å². The molecule has 4 heteroatoms. The van der Waals surface area contributed by atoms with Gasteiger partial charge in [0.25, 0.3) is 0 Å². The highest BCUT2D eigenvalue weighted by Crippen LogP contribution is 2.28. The maximum atomic E-state index is 12.9. The number of aliphatic hydroxyl groups is 1. The van der Waals surface area contributed by atoms with Crippen LogP contribution in [0.5, 0.6) is 0 Å². The van der Waals surface area contributed by atoms with Gasteiger partial charge in [-0.1, -0.05) is 22.0 Å². The molecule has 94 valence electrons. The number of nitrogens with zero attached hydrogens (tertiary/aromatic N) is 1. The van der Waals surface area contributed by atoms with E-state index in [1.807, 2.05) is 6.07 Å². The fourth-order valence-electron chi connectivity index (χ4n) is 2.30. The van der Waals surface area contributed by atoms with Crippen molar-refractivity contribution in [3.8, 4) is 0 Å². The first kappa shape index (κ1) is 13.0. The molecule has 1 aliphatic carbocycles. The number of rotatable bonds is 4. The van der Waals surface area contributed by atoms with Crippen molar-refractivity contribution in [3.63, 3.8) is 0 Å². The van der Waals surface area contributed by atoms with Gasteiger partial charge in [-0.3, -0.25) is 0 Å². The smallest absolute Gasteiger partial charge is 0.124 e. The average molecular weight is 302 g/mol. The van der Waals surface area contributed by atoms with Gasteiger partial charge < -0.3 is 10.0 Å². The van der Waals surface area contributed by atoms with E-state index in [1.54, 1.807) is 0 Å². The Morgan fingerprint density at radius 3 is 2.76 bits per heavy atom. The SMILES string of the molecule is CN(Cc1ccc(F)cc1Br)CC1CC(O)C1. The first-order valence-corrected chi connectivity index (χ1v) is 6.64. The minimum absolute atomic E-state index is 0.0917. The van der Waals surface area contributed by atoms with E-state index in [4.69, 9.17) is 0 Å². The zero-order valence-corrected chi connectivity index (χ0v) is 11.5. The largest absolute Gasteiger partial charge is 0.393 e. The molecule has 0 unspecified atom stereocenters. The Bertz CT molecular complexity index is 393. The van der Waals surface area contributed by atoms with Gasteiger partial charge in [-0.25, -0.2) is 4.39 Å². The lowest BCUT2D eigenvalue weighted by Crippen LogP contribution is -2.36. The Labute approximate surface area is 110 Å². The Balaban J connectivity index is 1.87. The molecule has 0 aromatic heterocycles. The minimum Gasteiger partial charge on any atom is -0.393 e. The van der Waals surface area contributed by atoms with Crippen LogP contribution in [0.3, 0.4) is 0 Å². The van der Waals surface area contributed by atoms with Crippen molar-refractivity contribution in [1.82, 2.24) is 4.90 Å². The van der Waals surface area contributed by atoms with Gasteiger partial charge in [-0.05, 0) is 43.5 Å². The van der Waals surface area contributed by atoms with Crippen LogP contribution in [0, 0.1) is 11.7 Å². The maximum Gasteiger partial charge on any atom is 0.124 e. The maximum absolute atomic E-state index is 12.9. The lowest BCUT2D eigenvalue weighted by Gasteiger charge is -2.34. The van der Waals surface area contributed by atoms with Gasteiger partial charge in [-0.15, -0.1) is 0 Å². The summed E-state index contributed by atoms with van der Waals surface area (Å²) in [7, 11) is 2.06. The van der Waals surface area contributed by atoms with Gasteiger partial charge in [-0.2, -0.15) is 0 Å². The van der Waals surface area contributed by atoms with E-state index in [0.717, 1.165) is 36.0 Å². The summed E-state index contributed by atoms with van der Waals surface area (Å²) in [4.78, 5) is 2.22. The third-order valence-corrected chi connectivity index (χ3v) is 3.97. The summed E-state index contributed by atoms with van der Waals surface area (Å²) in [6.45, 7) is 1.79. The number of benzene rings is 1. The predicted molar refractivity (Wildman–Crippen MR) is 69.2 cm³/mol. The summed E-state index contributed by atoms with van der Waals surface area (Å²) in [5.74, 6) is 0.389. The topological polar surface area (TPSA) is 23.5 Å². The Kier molecular flexibility index (Phi) is 4.17. The molecule has 1 saturated carbocycles. The molecule has 1 aromatic carbocycles. The van der Waals surface area contributed by atoms with Crippen molar-refractivity contribution in [2.75, 3.05) is 13.6 Å². The second-order valence-corrected chi connectivity index (χ2v) is 5.78. The van der Waals surface area contributed by atoms with Crippen LogP contribution in [-0.2, 0) is 6.54 Å². The molecule has 1 fully saturated rings. The lowest BCUT2D eigenvalue weighted by atomic mass is 9.82. The summed E-state index contributed by atoms with van der Waals surface area (Å²) in [5.41, 5.74) is 1.09. The van der Waals surface area contributed by atoms with Crippen LogP contribution in [0.1, 0.15) is 18.4 Å². The molecule has 17 heavy (non-hydrogen) atoms. The van der Waals surface area contributed by atoms with Crippen LogP contribution < -0.4 is 0 Å². The van der Waals surface area contributed by atoms with Crippen molar-refractivity contribution in [2.24, 2.45) is 5.92 Å². The van der Waals surface area contributed by atoms with Gasteiger partial charge >= 0.3 is 0 Å². The Morgan fingerprint density at radius 2 is 2.18 bits per heavy atom. The molecule has 1 aromatic rings. The first-order valence-electron chi connectivity index (χ1n) is 5.85. The molecule has 1 aliphatic rings. The van der Waals surface area contributed by atoms with E-state index >= 15 is 0 Å². The van der Waals surface area contributed by atoms with Crippen molar-refractivity contribution in [1.29, 1.82) is 0 Å². The molecule has 0 heterocycles. The van der Waals surface area contributed by atoms with Crippen molar-refractivity contribution in [2.45, 2.75) is 25.5 Å². The second-order valence-electron chi connectivity index (χ2n) is 4.92. The van der Waals surface area contributed by atoms with E-state index in [2.05, 4.69) is 27.9 Å². The van der Waals surface area contributed by atoms with E-state index in [0.29, 0.717) is 5.92 Å². The normalized spacial score (nSPS) is 23.8. The Hall–Kier alpha value is -0.450. The quantitative estimate of drug-likeness (QED) is 0.924. The fraction of sp³-hybridized carbons (Fsp3) is 0.538. The van der Waals surface area contributed by atoms with Crippen LogP contribution in [-0.4, -0.2) is 29.7 Å². The summed E-state index contributed by atoms with van der Waals surface area (Å²) in [6, 6.07) is 4.79. The molecule has 0 atom stereocenters. The molecule has 0 amide bonds. The molecule has 0 spiro atoms. The van der Waals surface area contributed by atoms with Gasteiger partial charge in [0, 0.05) is 17.6 Å². The summed E-state index contributed by atoms with van der Waals surface area (Å²) < 4.78 is 13.7. The summed E-state index contributed by atoms with van der Waals surface area (Å²) in [5, 5.41) is 9.23. The van der Waals surface area contributed by atoms with Crippen molar-refractivity contribution in [3.05, 3.63) is 34.1 Å². The van der Waals surface area contributed by atoms with E-state index in [1.165, 1.54) is 12.1 Å². The van der Waals surface area contributed by atoms with E-state index < -0.39 is 0 Å². The van der Waals surface area contributed by atoms with Crippen LogP contribution in [0.25, 0.3) is 0 Å². The monoisotopic (exact) mass is 301 g/mol. The molecule has 2 rings (SSSR count). The summed E-state index contributed by atoms with van der Waals surface area (Å²) >= 11 is 3.38. The number of hydrogen-bond donors (Lipinski definition) is 1. The van der Waals surface area contributed by atoms with Crippen LogP contribution in [0.2, 0.25) is 0 Å². The lowest BCUT2D eigenvalue weighted by molar-refractivity contribution is 0.0273. The van der Waals surface area contributed by atoms with Crippen LogP contribution in [0.15, 0.2) is 22.7 Å². The zero-order valence-electron chi connectivity index (χ0n) is 9.87. The number of hydrogen-bond acceptors (Lipinski definition) is 2. The zero-order chi connectivity index (χ0) is 12.4.